The maximum Gasteiger partial charge on any atom is 0.286 e. The maximum atomic E-state index is 11.0. The minimum Gasteiger partial charge on any atom is -0.335 e. The first-order valence-electron chi connectivity index (χ1n) is 4.39. The fraction of sp³-hybridized carbons (Fsp3) is 0.273. The molecule has 0 bridgehead atoms. The van der Waals surface area contributed by atoms with Crippen LogP contribution in [0.4, 0.5) is 0 Å². The summed E-state index contributed by atoms with van der Waals surface area (Å²) in [7, 11) is 1.61. The number of carbonyl (C=O) groups excluding carboxylic acids is 2. The number of rotatable bonds is 3. The Balaban J connectivity index is 2.69. The summed E-state index contributed by atoms with van der Waals surface area (Å²) in [5.41, 5.74) is 2.18. The summed E-state index contributed by atoms with van der Waals surface area (Å²) < 4.78 is 0. The van der Waals surface area contributed by atoms with Crippen molar-refractivity contribution >= 4 is 12.2 Å². The maximum absolute atomic E-state index is 11.0. The minimum atomic E-state index is -0.494. The Morgan fingerprint density at radius 1 is 1.50 bits per heavy atom. The highest BCUT2D eigenvalue weighted by Crippen LogP contribution is 2.06. The van der Waals surface area contributed by atoms with Gasteiger partial charge in [-0.1, -0.05) is 29.8 Å². The highest BCUT2D eigenvalue weighted by Gasteiger charge is 2.06. The topological polar surface area (TPSA) is 37.4 Å². The Morgan fingerprint density at radius 2 is 2.21 bits per heavy atom. The number of benzene rings is 1. The van der Waals surface area contributed by atoms with Gasteiger partial charge < -0.3 is 4.90 Å². The van der Waals surface area contributed by atoms with Crippen LogP contribution in [0.15, 0.2) is 24.3 Å². The van der Waals surface area contributed by atoms with Gasteiger partial charge in [0.25, 0.3) is 5.91 Å². The van der Waals surface area contributed by atoms with Crippen LogP contribution in [0, 0.1) is 6.92 Å². The van der Waals surface area contributed by atoms with Gasteiger partial charge in [-0.25, -0.2) is 0 Å². The van der Waals surface area contributed by atoms with E-state index in [9.17, 15) is 9.59 Å². The van der Waals surface area contributed by atoms with Crippen molar-refractivity contribution < 1.29 is 9.59 Å². The van der Waals surface area contributed by atoms with Gasteiger partial charge in [0.1, 0.15) is 0 Å². The van der Waals surface area contributed by atoms with E-state index in [-0.39, 0.29) is 0 Å². The molecule has 1 aromatic rings. The summed E-state index contributed by atoms with van der Waals surface area (Å²) in [5.74, 6) is -0.494. The SMILES string of the molecule is Cc1cccc(CN(C)C(=O)C=O)c1. The Kier molecular flexibility index (Phi) is 3.40. The van der Waals surface area contributed by atoms with Crippen LogP contribution in [0.2, 0.25) is 0 Å². The van der Waals surface area contributed by atoms with Crippen molar-refractivity contribution in [3.63, 3.8) is 0 Å². The van der Waals surface area contributed by atoms with Crippen molar-refractivity contribution in [3.8, 4) is 0 Å². The second kappa shape index (κ2) is 4.56. The lowest BCUT2D eigenvalue weighted by Crippen LogP contribution is -2.26. The third kappa shape index (κ3) is 2.69. The molecule has 0 spiro atoms. The monoisotopic (exact) mass is 191 g/mol. The van der Waals surface area contributed by atoms with Crippen LogP contribution in [0.1, 0.15) is 11.1 Å². The Labute approximate surface area is 83.3 Å². The quantitative estimate of drug-likeness (QED) is 0.531. The van der Waals surface area contributed by atoms with Crippen molar-refractivity contribution in [3.05, 3.63) is 35.4 Å². The minimum absolute atomic E-state index is 0.329. The van der Waals surface area contributed by atoms with Gasteiger partial charge in [0, 0.05) is 13.6 Å². The van der Waals surface area contributed by atoms with Crippen LogP contribution in [0.3, 0.4) is 0 Å². The summed E-state index contributed by atoms with van der Waals surface area (Å²) in [6, 6.07) is 7.85. The molecule has 0 saturated carbocycles. The number of amides is 1. The predicted molar refractivity (Wildman–Crippen MR) is 53.7 cm³/mol. The smallest absolute Gasteiger partial charge is 0.286 e. The van der Waals surface area contributed by atoms with E-state index in [1.165, 1.54) is 4.90 Å². The molecule has 0 aliphatic carbocycles. The van der Waals surface area contributed by atoms with Crippen molar-refractivity contribution in [1.29, 1.82) is 0 Å². The van der Waals surface area contributed by atoms with Gasteiger partial charge in [0.05, 0.1) is 0 Å². The zero-order valence-electron chi connectivity index (χ0n) is 8.36. The van der Waals surface area contributed by atoms with Crippen LogP contribution in [-0.2, 0) is 16.1 Å². The van der Waals surface area contributed by atoms with E-state index in [2.05, 4.69) is 0 Å². The van der Waals surface area contributed by atoms with Crippen LogP contribution in [-0.4, -0.2) is 24.1 Å². The summed E-state index contributed by atoms with van der Waals surface area (Å²) in [6.45, 7) is 2.46. The highest BCUT2D eigenvalue weighted by molar-refractivity contribution is 6.23. The molecule has 0 aromatic heterocycles. The van der Waals surface area contributed by atoms with Gasteiger partial charge >= 0.3 is 0 Å². The van der Waals surface area contributed by atoms with Gasteiger partial charge in [-0.2, -0.15) is 0 Å². The number of hydrogen-bond donors (Lipinski definition) is 0. The van der Waals surface area contributed by atoms with Crippen LogP contribution >= 0.6 is 0 Å². The van der Waals surface area contributed by atoms with Crippen molar-refractivity contribution in [2.45, 2.75) is 13.5 Å². The molecule has 0 aliphatic heterocycles. The first kappa shape index (κ1) is 10.4. The number of nitrogens with zero attached hydrogens (tertiary/aromatic N) is 1. The van der Waals surface area contributed by atoms with Crippen molar-refractivity contribution in [2.75, 3.05) is 7.05 Å². The molecule has 0 unspecified atom stereocenters. The molecule has 0 N–H and O–H groups in total. The molecule has 0 saturated heterocycles. The number of carbonyl (C=O) groups is 2. The number of likely N-dealkylation sites (N-methyl/N-ethyl adjacent to an activating group) is 1. The highest BCUT2D eigenvalue weighted by atomic mass is 16.2. The standard InChI is InChI=1S/C11H13NO2/c1-9-4-3-5-10(6-9)7-12(2)11(14)8-13/h3-6,8H,7H2,1-2H3. The summed E-state index contributed by atoms with van der Waals surface area (Å²) >= 11 is 0. The second-order valence-electron chi connectivity index (χ2n) is 3.30. The molecule has 1 aromatic carbocycles. The Morgan fingerprint density at radius 3 is 2.79 bits per heavy atom. The van der Waals surface area contributed by atoms with Crippen molar-refractivity contribution in [1.82, 2.24) is 4.90 Å². The lowest BCUT2D eigenvalue weighted by Gasteiger charge is -2.13. The molecule has 1 amide bonds. The zero-order valence-corrected chi connectivity index (χ0v) is 8.36. The molecule has 1 rings (SSSR count). The third-order valence-electron chi connectivity index (χ3n) is 1.98. The first-order chi connectivity index (χ1) is 6.63. The van der Waals surface area contributed by atoms with E-state index in [0.29, 0.717) is 12.8 Å². The van der Waals surface area contributed by atoms with Gasteiger partial charge in [0.15, 0.2) is 0 Å². The van der Waals surface area contributed by atoms with E-state index < -0.39 is 5.91 Å². The lowest BCUT2D eigenvalue weighted by molar-refractivity contribution is -0.138. The average molecular weight is 191 g/mol. The summed E-state index contributed by atoms with van der Waals surface area (Å²) in [5, 5.41) is 0. The lowest BCUT2D eigenvalue weighted by atomic mass is 10.1. The molecule has 0 aliphatic rings. The Hall–Kier alpha value is -1.64. The van der Waals surface area contributed by atoms with Crippen LogP contribution in [0.5, 0.6) is 0 Å². The van der Waals surface area contributed by atoms with Gasteiger partial charge in [-0.3, -0.25) is 9.59 Å². The van der Waals surface area contributed by atoms with E-state index in [4.69, 9.17) is 0 Å². The fourth-order valence-corrected chi connectivity index (χ4v) is 1.25. The molecular weight excluding hydrogens is 178 g/mol. The fourth-order valence-electron chi connectivity index (χ4n) is 1.25. The Bertz CT molecular complexity index is 347. The summed E-state index contributed by atoms with van der Waals surface area (Å²) in [4.78, 5) is 22.6. The molecule has 74 valence electrons. The number of aldehydes is 1. The average Bonchev–Trinajstić information content (AvgIpc) is 2.16. The molecule has 0 heterocycles. The third-order valence-corrected chi connectivity index (χ3v) is 1.98. The van der Waals surface area contributed by atoms with E-state index >= 15 is 0 Å². The normalized spacial score (nSPS) is 9.57. The van der Waals surface area contributed by atoms with Gasteiger partial charge in [0.2, 0.25) is 6.29 Å². The van der Waals surface area contributed by atoms with E-state index in [1.54, 1.807) is 7.05 Å². The molecule has 0 radical (unpaired) electrons. The van der Waals surface area contributed by atoms with Gasteiger partial charge in [-0.15, -0.1) is 0 Å². The second-order valence-corrected chi connectivity index (χ2v) is 3.30. The molecular formula is C11H13NO2. The van der Waals surface area contributed by atoms with Crippen LogP contribution in [0.25, 0.3) is 0 Å². The molecule has 3 heteroatoms. The van der Waals surface area contributed by atoms with Gasteiger partial charge in [-0.05, 0) is 12.5 Å². The number of hydrogen-bond acceptors (Lipinski definition) is 2. The summed E-state index contributed by atoms with van der Waals surface area (Å²) in [6.07, 6.45) is 0.329. The molecule has 3 nitrogen and oxygen atoms in total. The molecule has 0 fully saturated rings. The largest absolute Gasteiger partial charge is 0.335 e. The van der Waals surface area contributed by atoms with E-state index in [1.807, 2.05) is 31.2 Å². The molecule has 14 heavy (non-hydrogen) atoms. The molecule has 0 atom stereocenters. The van der Waals surface area contributed by atoms with E-state index in [0.717, 1.165) is 11.1 Å². The van der Waals surface area contributed by atoms with Crippen LogP contribution < -0.4 is 0 Å². The first-order valence-corrected chi connectivity index (χ1v) is 4.39. The zero-order chi connectivity index (χ0) is 10.6. The predicted octanol–water partition coefficient (Wildman–Crippen LogP) is 1.15. The van der Waals surface area contributed by atoms with Crippen molar-refractivity contribution in [2.24, 2.45) is 0 Å². The number of aryl methyl sites for hydroxylation is 1.